The van der Waals surface area contributed by atoms with Crippen LogP contribution in [0.15, 0.2) is 29.2 Å². The summed E-state index contributed by atoms with van der Waals surface area (Å²) in [6.45, 7) is 10.8. The molecule has 0 atom stereocenters. The number of hydrogen-bond acceptors (Lipinski definition) is 4. The molecule has 1 fully saturated rings. The molecule has 0 aliphatic carbocycles. The van der Waals surface area contributed by atoms with Crippen molar-refractivity contribution in [1.82, 2.24) is 14.6 Å². The fraction of sp³-hybridized carbons (Fsp3) is 0.522. The molecule has 0 bridgehead atoms. The molecule has 0 unspecified atom stereocenters. The predicted octanol–water partition coefficient (Wildman–Crippen LogP) is 3.77. The van der Waals surface area contributed by atoms with Crippen LogP contribution in [0.1, 0.15) is 60.9 Å². The van der Waals surface area contributed by atoms with E-state index >= 15 is 0 Å². The van der Waals surface area contributed by atoms with E-state index in [0.29, 0.717) is 42.5 Å². The van der Waals surface area contributed by atoms with Crippen molar-refractivity contribution in [3.8, 4) is 5.75 Å². The summed E-state index contributed by atoms with van der Waals surface area (Å²) in [5, 5.41) is 2.87. The summed E-state index contributed by atoms with van der Waals surface area (Å²) in [6.07, 6.45) is 1.81. The molecule has 2 N–H and O–H groups in total. The standard InChI is InChI=1S/C23H33N3O4S/c1-15(2)30-20-8-6-19(7-9-20)14-24-23(27)21-17(4)22(18(5)25-21)31(28,29)26-12-10-16(3)11-13-26/h6-9,15-16,25H,10-14H2,1-5H3,(H,24,27). The van der Waals surface area contributed by atoms with Gasteiger partial charge in [-0.25, -0.2) is 8.42 Å². The number of hydrogen-bond donors (Lipinski definition) is 2. The lowest BCUT2D eigenvalue weighted by molar-refractivity contribution is 0.0945. The minimum Gasteiger partial charge on any atom is -0.491 e. The van der Waals surface area contributed by atoms with Gasteiger partial charge in [-0.15, -0.1) is 0 Å². The summed E-state index contributed by atoms with van der Waals surface area (Å²) in [5.41, 5.74) is 2.19. The number of aromatic nitrogens is 1. The van der Waals surface area contributed by atoms with E-state index < -0.39 is 10.0 Å². The normalized spacial score (nSPS) is 15.9. The van der Waals surface area contributed by atoms with Crippen molar-refractivity contribution in [3.63, 3.8) is 0 Å². The molecule has 1 aliphatic rings. The Bertz CT molecular complexity index is 1020. The van der Waals surface area contributed by atoms with E-state index in [2.05, 4.69) is 17.2 Å². The Kier molecular flexibility index (Phi) is 7.11. The van der Waals surface area contributed by atoms with Crippen molar-refractivity contribution >= 4 is 15.9 Å². The monoisotopic (exact) mass is 447 g/mol. The number of nitrogens with one attached hydrogen (secondary N) is 2. The van der Waals surface area contributed by atoms with Crippen LogP contribution < -0.4 is 10.1 Å². The molecule has 8 heteroatoms. The van der Waals surface area contributed by atoms with E-state index in [1.165, 1.54) is 0 Å². The lowest BCUT2D eigenvalue weighted by Gasteiger charge is -2.29. The third-order valence-electron chi connectivity index (χ3n) is 5.68. The van der Waals surface area contributed by atoms with Crippen LogP contribution in [0, 0.1) is 19.8 Å². The Balaban J connectivity index is 1.71. The predicted molar refractivity (Wildman–Crippen MR) is 121 cm³/mol. The molecular formula is C23H33N3O4S. The molecule has 1 aliphatic heterocycles. The Morgan fingerprint density at radius 2 is 1.81 bits per heavy atom. The second kappa shape index (κ2) is 9.44. The molecule has 31 heavy (non-hydrogen) atoms. The smallest absolute Gasteiger partial charge is 0.268 e. The van der Waals surface area contributed by atoms with E-state index in [1.807, 2.05) is 38.1 Å². The first kappa shape index (κ1) is 23.3. The first-order chi connectivity index (χ1) is 14.6. The number of piperidine rings is 1. The summed E-state index contributed by atoms with van der Waals surface area (Å²) >= 11 is 0. The molecular weight excluding hydrogens is 414 g/mol. The number of carbonyl (C=O) groups is 1. The highest BCUT2D eigenvalue weighted by atomic mass is 32.2. The van der Waals surface area contributed by atoms with Crippen molar-refractivity contribution in [1.29, 1.82) is 0 Å². The van der Waals surface area contributed by atoms with Crippen LogP contribution in [0.25, 0.3) is 0 Å². The van der Waals surface area contributed by atoms with Gasteiger partial charge in [0.15, 0.2) is 0 Å². The Morgan fingerprint density at radius 3 is 2.39 bits per heavy atom. The van der Waals surface area contributed by atoms with Gasteiger partial charge in [0.1, 0.15) is 16.3 Å². The number of carbonyl (C=O) groups excluding carboxylic acids is 1. The lowest BCUT2D eigenvalue weighted by atomic mass is 10.0. The summed E-state index contributed by atoms with van der Waals surface area (Å²) in [5.74, 6) is 0.993. The first-order valence-electron chi connectivity index (χ1n) is 10.8. The molecule has 3 rings (SSSR count). The maximum absolute atomic E-state index is 13.2. The highest BCUT2D eigenvalue weighted by molar-refractivity contribution is 7.89. The van der Waals surface area contributed by atoms with Crippen molar-refractivity contribution < 1.29 is 17.9 Å². The fourth-order valence-electron chi connectivity index (χ4n) is 3.93. The molecule has 7 nitrogen and oxygen atoms in total. The van der Waals surface area contributed by atoms with Gasteiger partial charge in [-0.2, -0.15) is 4.31 Å². The molecule has 0 spiro atoms. The average molecular weight is 448 g/mol. The maximum atomic E-state index is 13.2. The fourth-order valence-corrected chi connectivity index (χ4v) is 5.81. The van der Waals surface area contributed by atoms with E-state index in [9.17, 15) is 13.2 Å². The Labute approximate surface area is 185 Å². The molecule has 1 amide bonds. The third kappa shape index (κ3) is 5.30. The number of nitrogens with zero attached hydrogens (tertiary/aromatic N) is 1. The van der Waals surface area contributed by atoms with Crippen molar-refractivity contribution in [2.45, 2.75) is 65.0 Å². The highest BCUT2D eigenvalue weighted by Gasteiger charge is 2.33. The van der Waals surface area contributed by atoms with Crippen LogP contribution in [-0.2, 0) is 16.6 Å². The van der Waals surface area contributed by atoms with Gasteiger partial charge in [0.25, 0.3) is 5.91 Å². The van der Waals surface area contributed by atoms with Crippen LogP contribution in [0.5, 0.6) is 5.75 Å². The number of aromatic amines is 1. The molecule has 1 aromatic carbocycles. The second-order valence-electron chi connectivity index (χ2n) is 8.66. The molecule has 1 aromatic heterocycles. The average Bonchev–Trinajstić information content (AvgIpc) is 3.02. The molecule has 2 aromatic rings. The van der Waals surface area contributed by atoms with Gasteiger partial charge in [-0.3, -0.25) is 4.79 Å². The first-order valence-corrected chi connectivity index (χ1v) is 12.3. The zero-order valence-electron chi connectivity index (χ0n) is 19.0. The number of amides is 1. The van der Waals surface area contributed by atoms with E-state index in [4.69, 9.17) is 4.74 Å². The van der Waals surface area contributed by atoms with Gasteiger partial charge in [0.2, 0.25) is 10.0 Å². The largest absolute Gasteiger partial charge is 0.491 e. The second-order valence-corrected chi connectivity index (χ2v) is 10.5. The highest BCUT2D eigenvalue weighted by Crippen LogP contribution is 2.29. The summed E-state index contributed by atoms with van der Waals surface area (Å²) in [7, 11) is -3.63. The van der Waals surface area contributed by atoms with Crippen molar-refractivity contribution in [3.05, 3.63) is 46.8 Å². The SMILES string of the molecule is Cc1[nH]c(C(=O)NCc2ccc(OC(C)C)cc2)c(C)c1S(=O)(=O)N1CCC(C)CC1. The number of H-pyrrole nitrogens is 1. The van der Waals surface area contributed by atoms with Crippen LogP contribution in [0.3, 0.4) is 0 Å². The Morgan fingerprint density at radius 1 is 1.19 bits per heavy atom. The van der Waals surface area contributed by atoms with E-state index in [0.717, 1.165) is 24.2 Å². The van der Waals surface area contributed by atoms with Gasteiger partial charge >= 0.3 is 0 Å². The maximum Gasteiger partial charge on any atom is 0.268 e. The van der Waals surface area contributed by atoms with Crippen LogP contribution in [-0.4, -0.2) is 42.8 Å². The number of ether oxygens (including phenoxy) is 1. The van der Waals surface area contributed by atoms with Crippen LogP contribution >= 0.6 is 0 Å². The number of rotatable bonds is 7. The van der Waals surface area contributed by atoms with E-state index in [1.54, 1.807) is 18.2 Å². The summed E-state index contributed by atoms with van der Waals surface area (Å²) in [4.78, 5) is 16.0. The molecule has 0 saturated carbocycles. The van der Waals surface area contributed by atoms with Gasteiger partial charge in [-0.05, 0) is 69.7 Å². The lowest BCUT2D eigenvalue weighted by Crippen LogP contribution is -2.38. The Hall–Kier alpha value is -2.32. The quantitative estimate of drug-likeness (QED) is 0.676. The third-order valence-corrected chi connectivity index (χ3v) is 7.86. The molecule has 0 radical (unpaired) electrons. The minimum atomic E-state index is -3.63. The minimum absolute atomic E-state index is 0.100. The topological polar surface area (TPSA) is 91.5 Å². The zero-order chi connectivity index (χ0) is 22.8. The van der Waals surface area contributed by atoms with Crippen molar-refractivity contribution in [2.24, 2.45) is 5.92 Å². The van der Waals surface area contributed by atoms with Crippen LogP contribution in [0.4, 0.5) is 0 Å². The molecule has 1 saturated heterocycles. The number of benzene rings is 1. The van der Waals surface area contributed by atoms with E-state index in [-0.39, 0.29) is 16.9 Å². The summed E-state index contributed by atoms with van der Waals surface area (Å²) < 4.78 is 33.6. The van der Waals surface area contributed by atoms with Crippen molar-refractivity contribution in [2.75, 3.05) is 13.1 Å². The number of aryl methyl sites for hydroxylation is 1. The number of sulfonamides is 1. The van der Waals surface area contributed by atoms with Gasteiger partial charge < -0.3 is 15.0 Å². The van der Waals surface area contributed by atoms with Gasteiger partial charge in [0, 0.05) is 25.3 Å². The van der Waals surface area contributed by atoms with Crippen LogP contribution in [0.2, 0.25) is 0 Å². The van der Waals surface area contributed by atoms with Gasteiger partial charge in [0.05, 0.1) is 6.10 Å². The zero-order valence-corrected chi connectivity index (χ0v) is 19.8. The van der Waals surface area contributed by atoms with Gasteiger partial charge in [-0.1, -0.05) is 19.1 Å². The molecule has 2 heterocycles. The molecule has 170 valence electrons. The summed E-state index contributed by atoms with van der Waals surface area (Å²) in [6, 6.07) is 7.54.